The maximum atomic E-state index is 5.40. The van der Waals surface area contributed by atoms with Gasteiger partial charge in [-0.3, -0.25) is 4.99 Å². The summed E-state index contributed by atoms with van der Waals surface area (Å²) in [5, 5.41) is 0. The van der Waals surface area contributed by atoms with Gasteiger partial charge in [0.15, 0.2) is 0 Å². The molecule has 1 aliphatic heterocycles. The Bertz CT molecular complexity index is 126. The lowest BCUT2D eigenvalue weighted by Gasteiger charge is -1.89. The van der Waals surface area contributed by atoms with E-state index in [0.717, 1.165) is 18.7 Å². The minimum Gasteiger partial charge on any atom is -0.387 e. The van der Waals surface area contributed by atoms with Crippen LogP contribution in [0.2, 0.25) is 0 Å². The number of nitrogens with zero attached hydrogens (tertiary/aromatic N) is 2. The zero-order valence-corrected chi connectivity index (χ0v) is 4.67. The van der Waals surface area contributed by atoms with Gasteiger partial charge < -0.3 is 5.73 Å². The monoisotopic (exact) mass is 111 g/mol. The second-order valence-electron chi connectivity index (χ2n) is 1.69. The molecule has 1 heterocycles. The molecular weight excluding hydrogens is 102 g/mol. The van der Waals surface area contributed by atoms with Crippen LogP contribution < -0.4 is 5.73 Å². The van der Waals surface area contributed by atoms with E-state index in [1.165, 1.54) is 0 Å². The summed E-state index contributed by atoms with van der Waals surface area (Å²) in [6.45, 7) is 0.520. The van der Waals surface area contributed by atoms with Crippen molar-refractivity contribution in [2.75, 3.05) is 6.67 Å². The molecule has 0 fully saturated rings. The Balaban J connectivity index is 2.48. The fourth-order valence-electron chi connectivity index (χ4n) is 0.572. The molecular formula is C5H9N3. The van der Waals surface area contributed by atoms with Crippen molar-refractivity contribution in [1.82, 2.24) is 0 Å². The number of rotatable bonds is 0. The van der Waals surface area contributed by atoms with Crippen LogP contribution in [-0.2, 0) is 0 Å². The smallest absolute Gasteiger partial charge is 0.130 e. The van der Waals surface area contributed by atoms with Gasteiger partial charge in [0, 0.05) is 12.6 Å². The summed E-state index contributed by atoms with van der Waals surface area (Å²) in [6, 6.07) is 0. The molecule has 0 aromatic carbocycles. The van der Waals surface area contributed by atoms with E-state index < -0.39 is 0 Å². The van der Waals surface area contributed by atoms with Crippen LogP contribution in [0.15, 0.2) is 9.98 Å². The largest absolute Gasteiger partial charge is 0.387 e. The highest BCUT2D eigenvalue weighted by atomic mass is 15.0. The predicted molar refractivity (Wildman–Crippen MR) is 34.2 cm³/mol. The molecule has 0 aliphatic carbocycles. The normalized spacial score (nSPS) is 19.8. The molecule has 0 radical (unpaired) electrons. The summed E-state index contributed by atoms with van der Waals surface area (Å²) in [5.41, 5.74) is 5.40. The van der Waals surface area contributed by atoms with Crippen LogP contribution in [0.4, 0.5) is 0 Å². The van der Waals surface area contributed by atoms with Crippen molar-refractivity contribution in [1.29, 1.82) is 0 Å². The molecule has 0 atom stereocenters. The summed E-state index contributed by atoms with van der Waals surface area (Å²) < 4.78 is 0. The highest BCUT2D eigenvalue weighted by Crippen LogP contribution is 1.90. The van der Waals surface area contributed by atoms with Crippen molar-refractivity contribution < 1.29 is 0 Å². The maximum Gasteiger partial charge on any atom is 0.130 e. The van der Waals surface area contributed by atoms with Crippen LogP contribution in [0, 0.1) is 0 Å². The Morgan fingerprint density at radius 2 is 2.50 bits per heavy atom. The average molecular weight is 111 g/mol. The molecule has 2 N–H and O–H groups in total. The van der Waals surface area contributed by atoms with Crippen LogP contribution in [0.25, 0.3) is 0 Å². The molecule has 1 rings (SSSR count). The average Bonchev–Trinajstić information content (AvgIpc) is 1.94. The number of amidine groups is 1. The Labute approximate surface area is 48.3 Å². The molecule has 0 saturated heterocycles. The second-order valence-corrected chi connectivity index (χ2v) is 1.69. The highest BCUT2D eigenvalue weighted by Gasteiger charge is 1.91. The second kappa shape index (κ2) is 2.45. The molecule has 1 aliphatic rings. The van der Waals surface area contributed by atoms with Crippen LogP contribution in [0.5, 0.6) is 0 Å². The van der Waals surface area contributed by atoms with Gasteiger partial charge in [-0.15, -0.1) is 0 Å². The van der Waals surface area contributed by atoms with Gasteiger partial charge in [-0.25, -0.2) is 4.99 Å². The summed E-state index contributed by atoms with van der Waals surface area (Å²) in [6.07, 6.45) is 3.67. The van der Waals surface area contributed by atoms with Crippen molar-refractivity contribution in [2.24, 2.45) is 15.7 Å². The zero-order valence-electron chi connectivity index (χ0n) is 4.67. The van der Waals surface area contributed by atoms with E-state index in [4.69, 9.17) is 5.73 Å². The van der Waals surface area contributed by atoms with E-state index in [2.05, 4.69) is 9.98 Å². The SMILES string of the molecule is NC1=NCN=CCC1. The highest BCUT2D eigenvalue weighted by molar-refractivity contribution is 5.83. The lowest BCUT2D eigenvalue weighted by atomic mass is 10.3. The van der Waals surface area contributed by atoms with Crippen molar-refractivity contribution in [2.45, 2.75) is 12.8 Å². The molecule has 0 amide bonds. The summed E-state index contributed by atoms with van der Waals surface area (Å²) >= 11 is 0. The molecule has 0 spiro atoms. The van der Waals surface area contributed by atoms with Crippen LogP contribution >= 0.6 is 0 Å². The molecule has 3 heteroatoms. The lowest BCUT2D eigenvalue weighted by Crippen LogP contribution is -2.10. The summed E-state index contributed by atoms with van der Waals surface area (Å²) in [7, 11) is 0. The predicted octanol–water partition coefficient (Wildman–Crippen LogP) is 0.166. The van der Waals surface area contributed by atoms with Gasteiger partial charge in [0.25, 0.3) is 0 Å². The first-order valence-electron chi connectivity index (χ1n) is 2.66. The zero-order chi connectivity index (χ0) is 5.82. The van der Waals surface area contributed by atoms with Gasteiger partial charge in [0.2, 0.25) is 0 Å². The van der Waals surface area contributed by atoms with Crippen molar-refractivity contribution in [3.05, 3.63) is 0 Å². The third-order valence-corrected chi connectivity index (χ3v) is 1.01. The quantitative estimate of drug-likeness (QED) is 0.476. The van der Waals surface area contributed by atoms with E-state index in [1.807, 2.05) is 6.21 Å². The first-order chi connectivity index (χ1) is 3.89. The van der Waals surface area contributed by atoms with Crippen molar-refractivity contribution in [3.63, 3.8) is 0 Å². The number of nitrogens with two attached hydrogens (primary N) is 1. The minimum absolute atomic E-state index is 0.520. The first-order valence-corrected chi connectivity index (χ1v) is 2.66. The van der Waals surface area contributed by atoms with Gasteiger partial charge >= 0.3 is 0 Å². The number of hydrogen-bond donors (Lipinski definition) is 1. The Kier molecular flexibility index (Phi) is 1.62. The van der Waals surface area contributed by atoms with Crippen LogP contribution in [-0.4, -0.2) is 18.7 Å². The molecule has 0 unspecified atom stereocenters. The van der Waals surface area contributed by atoms with Crippen LogP contribution in [0.3, 0.4) is 0 Å². The number of aliphatic imine (C=N–C) groups is 2. The van der Waals surface area contributed by atoms with Gasteiger partial charge in [-0.1, -0.05) is 0 Å². The Morgan fingerprint density at radius 1 is 1.62 bits per heavy atom. The van der Waals surface area contributed by atoms with Gasteiger partial charge in [0.05, 0.1) is 5.84 Å². The molecule has 0 saturated carbocycles. The van der Waals surface area contributed by atoms with E-state index in [1.54, 1.807) is 0 Å². The minimum atomic E-state index is 0.520. The van der Waals surface area contributed by atoms with Crippen LogP contribution in [0.1, 0.15) is 12.8 Å². The number of hydrogen-bond acceptors (Lipinski definition) is 3. The molecule has 0 bridgehead atoms. The Morgan fingerprint density at radius 3 is 3.38 bits per heavy atom. The molecule has 3 nitrogen and oxygen atoms in total. The topological polar surface area (TPSA) is 50.7 Å². The van der Waals surface area contributed by atoms with E-state index in [9.17, 15) is 0 Å². The molecule has 8 heavy (non-hydrogen) atoms. The third-order valence-electron chi connectivity index (χ3n) is 1.01. The van der Waals surface area contributed by atoms with E-state index in [-0.39, 0.29) is 0 Å². The Hall–Kier alpha value is -0.860. The summed E-state index contributed by atoms with van der Waals surface area (Å²) in [5.74, 6) is 0.725. The molecule has 0 aromatic rings. The third kappa shape index (κ3) is 1.33. The lowest BCUT2D eigenvalue weighted by molar-refractivity contribution is 1.07. The summed E-state index contributed by atoms with van der Waals surface area (Å²) in [4.78, 5) is 7.85. The van der Waals surface area contributed by atoms with E-state index in [0.29, 0.717) is 6.67 Å². The fourth-order valence-corrected chi connectivity index (χ4v) is 0.572. The maximum absolute atomic E-state index is 5.40. The van der Waals surface area contributed by atoms with Gasteiger partial charge in [0.1, 0.15) is 6.67 Å². The van der Waals surface area contributed by atoms with Crippen molar-refractivity contribution >= 4 is 12.1 Å². The standard InChI is InChI=1S/C5H9N3/c6-5-2-1-3-7-4-8-5/h3H,1-2,4H2,(H2,6,8). The van der Waals surface area contributed by atoms with Gasteiger partial charge in [-0.05, 0) is 6.42 Å². The molecule has 44 valence electrons. The first kappa shape index (κ1) is 5.28. The van der Waals surface area contributed by atoms with Crippen molar-refractivity contribution in [3.8, 4) is 0 Å². The van der Waals surface area contributed by atoms with E-state index >= 15 is 0 Å². The molecule has 0 aromatic heterocycles. The fraction of sp³-hybridized carbons (Fsp3) is 0.600. The van der Waals surface area contributed by atoms with Gasteiger partial charge in [-0.2, -0.15) is 0 Å².